The molecular formula is C24H37Cl2NO6. The lowest BCUT2D eigenvalue weighted by Gasteiger charge is -2.44. The zero-order chi connectivity index (χ0) is 24.8. The first-order valence-electron chi connectivity index (χ1n) is 11.6. The minimum atomic E-state index is -1.63. The Bertz CT molecular complexity index is 724. The van der Waals surface area contributed by atoms with Gasteiger partial charge in [-0.1, -0.05) is 57.3 Å². The Morgan fingerprint density at radius 1 is 1.24 bits per heavy atom. The van der Waals surface area contributed by atoms with Crippen LogP contribution < -0.4 is 5.32 Å². The topological polar surface area (TPSA) is 105 Å². The molecule has 0 aromatic rings. The van der Waals surface area contributed by atoms with Gasteiger partial charge in [0.05, 0.1) is 6.04 Å². The highest BCUT2D eigenvalue weighted by molar-refractivity contribution is 6.41. The van der Waals surface area contributed by atoms with Crippen LogP contribution in [-0.2, 0) is 19.1 Å². The number of halogens is 2. The first kappa shape index (κ1) is 28.3. The van der Waals surface area contributed by atoms with Crippen molar-refractivity contribution in [3.05, 3.63) is 23.8 Å². The van der Waals surface area contributed by atoms with E-state index >= 15 is 0 Å². The van der Waals surface area contributed by atoms with Gasteiger partial charge in [-0.15, -0.1) is 23.2 Å². The first-order valence-corrected chi connectivity index (χ1v) is 12.5. The van der Waals surface area contributed by atoms with E-state index in [1.165, 1.54) is 38.9 Å². The highest BCUT2D eigenvalue weighted by Crippen LogP contribution is 2.44. The second-order valence-corrected chi connectivity index (χ2v) is 10.1. The molecule has 0 unspecified atom stereocenters. The van der Waals surface area contributed by atoms with Crippen molar-refractivity contribution < 1.29 is 29.3 Å². The standard InChI is InChI=1S/C24H37Cl2NO6/c1-5-6-7-8-9-14(2)12-15(3)10-11-17(28)27-16-13-24(33-23(16)32-4)21(30)18(25)20(29)19(26)22(24)31/h10-12,14,16,18-19,21-23,30-31H,5-9,13H2,1-4H3,(H,27,28)/b11-10+,15-12+/t14-,16+,18-,19+,21-,22-,23-,24+/m1/s1. The van der Waals surface area contributed by atoms with Crippen LogP contribution in [0.25, 0.3) is 0 Å². The highest BCUT2D eigenvalue weighted by atomic mass is 35.5. The van der Waals surface area contributed by atoms with Gasteiger partial charge < -0.3 is 25.0 Å². The van der Waals surface area contributed by atoms with Crippen LogP contribution in [0.5, 0.6) is 0 Å². The minimum absolute atomic E-state index is 0.0171. The number of Topliss-reactive ketones (excluding diaryl/α,β-unsaturated/α-hetero) is 1. The van der Waals surface area contributed by atoms with Crippen molar-refractivity contribution in [3.8, 4) is 0 Å². The van der Waals surface area contributed by atoms with Gasteiger partial charge in [-0.25, -0.2) is 0 Å². The fourth-order valence-electron chi connectivity index (χ4n) is 4.55. The van der Waals surface area contributed by atoms with E-state index in [1.54, 1.807) is 6.08 Å². The van der Waals surface area contributed by atoms with Gasteiger partial charge in [0.25, 0.3) is 0 Å². The summed E-state index contributed by atoms with van der Waals surface area (Å²) in [7, 11) is 1.39. The molecule has 1 spiro atoms. The number of nitrogens with one attached hydrogen (secondary N) is 1. The smallest absolute Gasteiger partial charge is 0.244 e. The van der Waals surface area contributed by atoms with E-state index in [9.17, 15) is 19.8 Å². The Balaban J connectivity index is 2.00. The van der Waals surface area contributed by atoms with Crippen LogP contribution in [0.3, 0.4) is 0 Å². The SMILES string of the molecule is CCCCCC[C@@H](C)/C=C(C)/C=C/C(=O)N[C@H]1C[C@]2(O[C@H]1OC)[C@H](O)[C@H](Cl)C(=O)[C@H](Cl)[C@H]2O. The maximum Gasteiger partial charge on any atom is 0.244 e. The lowest BCUT2D eigenvalue weighted by atomic mass is 9.76. The summed E-state index contributed by atoms with van der Waals surface area (Å²) in [6.07, 6.45) is 7.37. The quantitative estimate of drug-likeness (QED) is 0.182. The lowest BCUT2D eigenvalue weighted by molar-refractivity contribution is -0.231. The first-order chi connectivity index (χ1) is 15.6. The Hall–Kier alpha value is -0.960. The maximum absolute atomic E-state index is 12.5. The summed E-state index contributed by atoms with van der Waals surface area (Å²) < 4.78 is 11.1. The molecule has 0 bridgehead atoms. The zero-order valence-corrected chi connectivity index (χ0v) is 21.3. The molecule has 9 heteroatoms. The third kappa shape index (κ3) is 6.80. The van der Waals surface area contributed by atoms with Gasteiger partial charge in [-0.2, -0.15) is 0 Å². The second kappa shape index (κ2) is 12.7. The molecular weight excluding hydrogens is 469 g/mol. The molecule has 33 heavy (non-hydrogen) atoms. The van der Waals surface area contributed by atoms with Crippen LogP contribution in [0.4, 0.5) is 0 Å². The molecule has 0 radical (unpaired) electrons. The molecule has 7 nitrogen and oxygen atoms in total. The second-order valence-electron chi connectivity index (χ2n) is 9.16. The number of aliphatic hydroxyl groups is 2. The average molecular weight is 506 g/mol. The zero-order valence-electron chi connectivity index (χ0n) is 19.8. The van der Waals surface area contributed by atoms with E-state index in [2.05, 4.69) is 25.2 Å². The molecule has 1 amide bonds. The molecule has 2 fully saturated rings. The number of ketones is 1. The summed E-state index contributed by atoms with van der Waals surface area (Å²) in [5.74, 6) is -0.606. The van der Waals surface area contributed by atoms with Gasteiger partial charge in [0.2, 0.25) is 5.91 Å². The molecule has 1 aliphatic heterocycles. The van der Waals surface area contributed by atoms with E-state index in [4.69, 9.17) is 32.7 Å². The Labute approximate surface area is 206 Å². The van der Waals surface area contributed by atoms with Gasteiger partial charge in [0.1, 0.15) is 28.6 Å². The summed E-state index contributed by atoms with van der Waals surface area (Å²) in [6.45, 7) is 6.31. The third-order valence-electron chi connectivity index (χ3n) is 6.42. The molecule has 1 saturated heterocycles. The van der Waals surface area contributed by atoms with E-state index in [0.717, 1.165) is 12.0 Å². The summed E-state index contributed by atoms with van der Waals surface area (Å²) in [5.41, 5.74) is -0.639. The minimum Gasteiger partial charge on any atom is -0.388 e. The van der Waals surface area contributed by atoms with Crippen molar-refractivity contribution in [2.45, 2.75) is 100 Å². The Morgan fingerprint density at radius 2 is 1.88 bits per heavy atom. The fourth-order valence-corrected chi connectivity index (χ4v) is 5.31. The fraction of sp³-hybridized carbons (Fsp3) is 0.750. The summed E-state index contributed by atoms with van der Waals surface area (Å²) in [5, 5.41) is 21.4. The number of allylic oxidation sites excluding steroid dienone is 3. The van der Waals surface area contributed by atoms with Crippen LogP contribution in [0.1, 0.15) is 59.3 Å². The van der Waals surface area contributed by atoms with Gasteiger partial charge in [0, 0.05) is 19.6 Å². The predicted octanol–water partition coefficient (Wildman–Crippen LogP) is 3.23. The number of alkyl halides is 2. The Kier molecular flexibility index (Phi) is 10.8. The number of amides is 1. The van der Waals surface area contributed by atoms with E-state index in [-0.39, 0.29) is 12.3 Å². The van der Waals surface area contributed by atoms with Crippen LogP contribution in [0.15, 0.2) is 23.8 Å². The number of unbranched alkanes of at least 4 members (excludes halogenated alkanes) is 3. The van der Waals surface area contributed by atoms with Crippen LogP contribution in [-0.4, -0.2) is 69.9 Å². The van der Waals surface area contributed by atoms with E-state index in [1.807, 2.05) is 6.92 Å². The average Bonchev–Trinajstić information content (AvgIpc) is 3.16. The highest BCUT2D eigenvalue weighted by Gasteiger charge is 2.64. The number of hydrogen-bond donors (Lipinski definition) is 3. The largest absolute Gasteiger partial charge is 0.388 e. The summed E-state index contributed by atoms with van der Waals surface area (Å²) in [4.78, 5) is 24.6. The number of carbonyl (C=O) groups excluding carboxylic acids is 2. The maximum atomic E-state index is 12.5. The van der Waals surface area contributed by atoms with E-state index < -0.39 is 46.7 Å². The van der Waals surface area contributed by atoms with Crippen molar-refractivity contribution in [1.29, 1.82) is 0 Å². The molecule has 2 rings (SSSR count). The van der Waals surface area contributed by atoms with Gasteiger partial charge in [-0.3, -0.25) is 9.59 Å². The number of carbonyl (C=O) groups is 2. The van der Waals surface area contributed by atoms with Gasteiger partial charge in [-0.05, 0) is 19.3 Å². The molecule has 1 saturated carbocycles. The molecule has 2 aliphatic rings. The third-order valence-corrected chi connectivity index (χ3v) is 7.33. The lowest BCUT2D eigenvalue weighted by Crippen LogP contribution is -2.67. The number of rotatable bonds is 10. The van der Waals surface area contributed by atoms with E-state index in [0.29, 0.717) is 5.92 Å². The molecule has 3 N–H and O–H groups in total. The normalized spacial score (nSPS) is 36.0. The van der Waals surface area contributed by atoms with Gasteiger partial charge in [0.15, 0.2) is 12.1 Å². The van der Waals surface area contributed by atoms with Crippen molar-refractivity contribution in [2.24, 2.45) is 5.92 Å². The number of ether oxygens (including phenoxy) is 2. The summed E-state index contributed by atoms with van der Waals surface area (Å²) >= 11 is 12.1. The molecule has 8 atom stereocenters. The Morgan fingerprint density at radius 3 is 2.45 bits per heavy atom. The molecule has 0 aromatic heterocycles. The molecule has 0 aromatic carbocycles. The number of methoxy groups -OCH3 is 1. The predicted molar refractivity (Wildman–Crippen MR) is 128 cm³/mol. The van der Waals surface area contributed by atoms with Crippen LogP contribution in [0.2, 0.25) is 0 Å². The van der Waals surface area contributed by atoms with Crippen molar-refractivity contribution in [3.63, 3.8) is 0 Å². The van der Waals surface area contributed by atoms with Crippen molar-refractivity contribution in [2.75, 3.05) is 7.11 Å². The summed E-state index contributed by atoms with van der Waals surface area (Å²) in [6, 6.07) is -0.681. The van der Waals surface area contributed by atoms with Crippen LogP contribution in [0, 0.1) is 5.92 Å². The number of aliphatic hydroxyl groups excluding tert-OH is 2. The number of hydrogen-bond acceptors (Lipinski definition) is 6. The molecule has 1 aliphatic carbocycles. The van der Waals surface area contributed by atoms with Crippen molar-refractivity contribution in [1.82, 2.24) is 5.32 Å². The molecule has 1 heterocycles. The van der Waals surface area contributed by atoms with Crippen molar-refractivity contribution >= 4 is 34.9 Å². The monoisotopic (exact) mass is 505 g/mol. The van der Waals surface area contributed by atoms with Crippen LogP contribution >= 0.6 is 23.2 Å². The molecule has 188 valence electrons. The van der Waals surface area contributed by atoms with Gasteiger partial charge >= 0.3 is 0 Å².